The predicted molar refractivity (Wildman–Crippen MR) is 79.7 cm³/mol. The number of aryl methyl sites for hydroxylation is 2. The lowest BCUT2D eigenvalue weighted by atomic mass is 10.1. The van der Waals surface area contributed by atoms with Crippen LogP contribution < -0.4 is 5.73 Å². The van der Waals surface area contributed by atoms with Crippen LogP contribution in [0, 0.1) is 6.92 Å². The number of nitrogens with zero attached hydrogens (tertiary/aromatic N) is 2. The number of benzene rings is 1. The first kappa shape index (κ1) is 12.9. The van der Waals surface area contributed by atoms with Crippen LogP contribution >= 0.6 is 0 Å². The third-order valence-electron chi connectivity index (χ3n) is 3.66. The van der Waals surface area contributed by atoms with Crippen LogP contribution in [0.3, 0.4) is 0 Å². The van der Waals surface area contributed by atoms with Crippen molar-refractivity contribution in [2.75, 3.05) is 6.54 Å². The minimum Gasteiger partial charge on any atom is -0.466 e. The monoisotopic (exact) mass is 269 g/mol. The Balaban J connectivity index is 1.86. The summed E-state index contributed by atoms with van der Waals surface area (Å²) in [4.78, 5) is 4.57. The van der Waals surface area contributed by atoms with Crippen molar-refractivity contribution in [2.45, 2.75) is 19.8 Å². The molecule has 0 saturated heterocycles. The standard InChI is InChI=1S/C16H19N3O/c1-11-18-15-10-12(3-6-16(15)19(11)2)9-14-5-4-13(20-14)7-8-17/h3-6,10H,7-9,17H2,1-2H3. The number of hydrogen-bond acceptors (Lipinski definition) is 3. The first-order valence-corrected chi connectivity index (χ1v) is 6.87. The van der Waals surface area contributed by atoms with E-state index in [1.54, 1.807) is 0 Å². The molecule has 3 rings (SSSR count). The molecular weight excluding hydrogens is 250 g/mol. The average molecular weight is 269 g/mol. The maximum absolute atomic E-state index is 5.76. The van der Waals surface area contributed by atoms with E-state index in [4.69, 9.17) is 10.2 Å². The van der Waals surface area contributed by atoms with Crippen molar-refractivity contribution in [3.05, 3.63) is 53.2 Å². The van der Waals surface area contributed by atoms with Gasteiger partial charge in [-0.05, 0) is 43.3 Å². The molecule has 104 valence electrons. The highest BCUT2D eigenvalue weighted by Gasteiger charge is 2.07. The van der Waals surface area contributed by atoms with Gasteiger partial charge in [-0.2, -0.15) is 0 Å². The fraction of sp³-hybridized carbons (Fsp3) is 0.312. The van der Waals surface area contributed by atoms with Crippen molar-refractivity contribution >= 4 is 11.0 Å². The highest BCUT2D eigenvalue weighted by atomic mass is 16.3. The molecule has 0 saturated carbocycles. The summed E-state index contributed by atoms with van der Waals surface area (Å²) in [5, 5.41) is 0. The molecule has 0 unspecified atom stereocenters. The zero-order valence-corrected chi connectivity index (χ0v) is 11.9. The Morgan fingerprint density at radius 1 is 1.20 bits per heavy atom. The number of rotatable bonds is 4. The second kappa shape index (κ2) is 5.13. The van der Waals surface area contributed by atoms with E-state index >= 15 is 0 Å². The van der Waals surface area contributed by atoms with Crippen LogP contribution in [0.25, 0.3) is 11.0 Å². The number of fused-ring (bicyclic) bond motifs is 1. The summed E-state index contributed by atoms with van der Waals surface area (Å²) >= 11 is 0. The van der Waals surface area contributed by atoms with Crippen LogP contribution in [-0.2, 0) is 19.9 Å². The number of furan rings is 1. The molecule has 4 heteroatoms. The SMILES string of the molecule is Cc1nc2cc(Cc3ccc(CCN)o3)ccc2n1C. The molecule has 0 aliphatic heterocycles. The summed E-state index contributed by atoms with van der Waals surface area (Å²) in [6.07, 6.45) is 1.58. The molecule has 2 aromatic heterocycles. The van der Waals surface area contributed by atoms with Crippen LogP contribution in [0.5, 0.6) is 0 Å². The fourth-order valence-electron chi connectivity index (χ4n) is 2.47. The van der Waals surface area contributed by atoms with Crippen LogP contribution in [0.4, 0.5) is 0 Å². The van der Waals surface area contributed by atoms with E-state index in [0.717, 1.165) is 41.2 Å². The molecule has 3 aromatic rings. The molecule has 0 amide bonds. The summed E-state index contributed by atoms with van der Waals surface area (Å²) in [5.74, 6) is 2.96. The second-order valence-electron chi connectivity index (χ2n) is 5.12. The summed E-state index contributed by atoms with van der Waals surface area (Å²) in [5.41, 5.74) is 8.94. The van der Waals surface area contributed by atoms with Crippen LogP contribution in [0.1, 0.15) is 22.9 Å². The molecule has 20 heavy (non-hydrogen) atoms. The Labute approximate surface area is 118 Å². The minimum atomic E-state index is 0.617. The summed E-state index contributed by atoms with van der Waals surface area (Å²) in [7, 11) is 2.04. The van der Waals surface area contributed by atoms with Crippen molar-refractivity contribution in [3.8, 4) is 0 Å². The molecular formula is C16H19N3O. The lowest BCUT2D eigenvalue weighted by Gasteiger charge is -2.00. The average Bonchev–Trinajstić information content (AvgIpc) is 2.96. The van der Waals surface area contributed by atoms with E-state index in [-0.39, 0.29) is 0 Å². The van der Waals surface area contributed by atoms with Gasteiger partial charge in [0.2, 0.25) is 0 Å². The Hall–Kier alpha value is -2.07. The van der Waals surface area contributed by atoms with E-state index in [1.165, 1.54) is 5.56 Å². The smallest absolute Gasteiger partial charge is 0.108 e. The lowest BCUT2D eigenvalue weighted by molar-refractivity contribution is 0.474. The van der Waals surface area contributed by atoms with Gasteiger partial charge in [0.15, 0.2) is 0 Å². The zero-order valence-electron chi connectivity index (χ0n) is 11.9. The quantitative estimate of drug-likeness (QED) is 0.792. The summed E-state index contributed by atoms with van der Waals surface area (Å²) < 4.78 is 7.87. The van der Waals surface area contributed by atoms with Gasteiger partial charge in [-0.25, -0.2) is 4.98 Å². The van der Waals surface area contributed by atoms with Gasteiger partial charge in [-0.3, -0.25) is 0 Å². The number of aromatic nitrogens is 2. The molecule has 0 aliphatic rings. The molecule has 4 nitrogen and oxygen atoms in total. The van der Waals surface area contributed by atoms with E-state index in [1.807, 2.05) is 26.1 Å². The Morgan fingerprint density at radius 3 is 2.80 bits per heavy atom. The Bertz CT molecular complexity index is 739. The zero-order chi connectivity index (χ0) is 14.1. The number of nitrogens with two attached hydrogens (primary N) is 1. The van der Waals surface area contributed by atoms with Gasteiger partial charge in [0.05, 0.1) is 11.0 Å². The first-order valence-electron chi connectivity index (χ1n) is 6.87. The normalized spacial score (nSPS) is 11.3. The van der Waals surface area contributed by atoms with Crippen molar-refractivity contribution in [3.63, 3.8) is 0 Å². The van der Waals surface area contributed by atoms with Gasteiger partial charge >= 0.3 is 0 Å². The lowest BCUT2D eigenvalue weighted by Crippen LogP contribution is -2.01. The molecule has 0 bridgehead atoms. The molecule has 2 heterocycles. The van der Waals surface area contributed by atoms with Crippen LogP contribution in [0.15, 0.2) is 34.7 Å². The molecule has 1 aromatic carbocycles. The molecule has 2 N–H and O–H groups in total. The molecule has 0 aliphatic carbocycles. The Morgan fingerprint density at radius 2 is 2.00 bits per heavy atom. The summed E-state index contributed by atoms with van der Waals surface area (Å²) in [6.45, 7) is 2.64. The number of imidazole rings is 1. The van der Waals surface area contributed by atoms with E-state index in [9.17, 15) is 0 Å². The van der Waals surface area contributed by atoms with E-state index in [0.29, 0.717) is 6.54 Å². The van der Waals surface area contributed by atoms with Gasteiger partial charge in [-0.1, -0.05) is 6.07 Å². The van der Waals surface area contributed by atoms with Crippen molar-refractivity contribution in [1.29, 1.82) is 0 Å². The molecule has 0 radical (unpaired) electrons. The largest absolute Gasteiger partial charge is 0.466 e. The topological polar surface area (TPSA) is 57.0 Å². The molecule has 0 spiro atoms. The fourth-order valence-corrected chi connectivity index (χ4v) is 2.47. The van der Waals surface area contributed by atoms with Crippen LogP contribution in [0.2, 0.25) is 0 Å². The third-order valence-corrected chi connectivity index (χ3v) is 3.66. The minimum absolute atomic E-state index is 0.617. The van der Waals surface area contributed by atoms with Gasteiger partial charge < -0.3 is 14.7 Å². The van der Waals surface area contributed by atoms with Gasteiger partial charge in [0, 0.05) is 19.9 Å². The number of hydrogen-bond donors (Lipinski definition) is 1. The van der Waals surface area contributed by atoms with Crippen LogP contribution in [-0.4, -0.2) is 16.1 Å². The van der Waals surface area contributed by atoms with Gasteiger partial charge in [0.1, 0.15) is 17.3 Å². The second-order valence-corrected chi connectivity index (χ2v) is 5.12. The summed E-state index contributed by atoms with van der Waals surface area (Å²) in [6, 6.07) is 10.4. The van der Waals surface area contributed by atoms with E-state index in [2.05, 4.69) is 27.8 Å². The van der Waals surface area contributed by atoms with E-state index < -0.39 is 0 Å². The highest BCUT2D eigenvalue weighted by molar-refractivity contribution is 5.76. The van der Waals surface area contributed by atoms with Gasteiger partial charge in [0.25, 0.3) is 0 Å². The van der Waals surface area contributed by atoms with Crippen molar-refractivity contribution in [1.82, 2.24) is 9.55 Å². The molecule has 0 fully saturated rings. The van der Waals surface area contributed by atoms with Crippen molar-refractivity contribution in [2.24, 2.45) is 12.8 Å². The third kappa shape index (κ3) is 2.34. The maximum atomic E-state index is 5.76. The van der Waals surface area contributed by atoms with Gasteiger partial charge in [-0.15, -0.1) is 0 Å². The molecule has 0 atom stereocenters. The highest BCUT2D eigenvalue weighted by Crippen LogP contribution is 2.19. The van der Waals surface area contributed by atoms with Crippen molar-refractivity contribution < 1.29 is 4.42 Å². The Kier molecular flexibility index (Phi) is 3.32. The predicted octanol–water partition coefficient (Wildman–Crippen LogP) is 2.57. The first-order chi connectivity index (χ1) is 9.67. The maximum Gasteiger partial charge on any atom is 0.108 e.